The lowest BCUT2D eigenvalue weighted by Gasteiger charge is -2.14. The normalized spacial score (nSPS) is 12.2. The molecule has 2 rings (SSSR count). The van der Waals surface area contributed by atoms with Crippen LogP contribution in [0, 0.1) is 12.7 Å². The van der Waals surface area contributed by atoms with Crippen LogP contribution in [0.1, 0.15) is 22.8 Å². The fraction of sp³-hybridized carbons (Fsp3) is 0.214. The highest BCUT2D eigenvalue weighted by molar-refractivity contribution is 5.35. The van der Waals surface area contributed by atoms with Crippen LogP contribution in [0.4, 0.5) is 4.39 Å². The number of rotatable bonds is 3. The van der Waals surface area contributed by atoms with Gasteiger partial charge in [0.15, 0.2) is 0 Å². The third-order valence-electron chi connectivity index (χ3n) is 2.82. The average Bonchev–Trinajstić information content (AvgIpc) is 2.41. The molecule has 0 radical (unpaired) electrons. The highest BCUT2D eigenvalue weighted by Crippen LogP contribution is 2.25. The molecule has 0 saturated carbocycles. The molecule has 18 heavy (non-hydrogen) atoms. The third kappa shape index (κ3) is 2.49. The summed E-state index contributed by atoms with van der Waals surface area (Å²) in [4.78, 5) is 4.02. The monoisotopic (exact) mass is 247 g/mol. The number of nitrogens with zero attached hydrogens (tertiary/aromatic N) is 1. The molecule has 1 aromatic carbocycles. The molecule has 1 N–H and O–H groups in total. The van der Waals surface area contributed by atoms with E-state index in [4.69, 9.17) is 4.74 Å². The lowest BCUT2D eigenvalue weighted by Crippen LogP contribution is -2.03. The Morgan fingerprint density at radius 3 is 2.67 bits per heavy atom. The zero-order chi connectivity index (χ0) is 13.1. The van der Waals surface area contributed by atoms with E-state index in [1.165, 1.54) is 25.4 Å². The second-order valence-electron chi connectivity index (χ2n) is 4.04. The van der Waals surface area contributed by atoms with Crippen molar-refractivity contribution in [3.63, 3.8) is 0 Å². The smallest absolute Gasteiger partial charge is 0.212 e. The maximum Gasteiger partial charge on any atom is 0.212 e. The molecule has 0 fully saturated rings. The minimum Gasteiger partial charge on any atom is -0.481 e. The highest BCUT2D eigenvalue weighted by atomic mass is 19.1. The molecule has 0 bridgehead atoms. The summed E-state index contributed by atoms with van der Waals surface area (Å²) in [7, 11) is 1.52. The number of halogens is 1. The van der Waals surface area contributed by atoms with Crippen molar-refractivity contribution in [3.05, 3.63) is 59.0 Å². The van der Waals surface area contributed by atoms with Crippen LogP contribution in [0.25, 0.3) is 0 Å². The zero-order valence-electron chi connectivity index (χ0n) is 10.2. The van der Waals surface area contributed by atoms with Gasteiger partial charge in [0.1, 0.15) is 11.9 Å². The van der Waals surface area contributed by atoms with Gasteiger partial charge in [-0.2, -0.15) is 0 Å². The van der Waals surface area contributed by atoms with Gasteiger partial charge in [-0.3, -0.25) is 0 Å². The lowest BCUT2D eigenvalue weighted by atomic mass is 9.98. The first-order valence-electron chi connectivity index (χ1n) is 5.56. The molecule has 0 spiro atoms. The molecule has 0 aliphatic carbocycles. The molecule has 1 heterocycles. The number of hydrogen-bond acceptors (Lipinski definition) is 3. The van der Waals surface area contributed by atoms with Gasteiger partial charge in [0.25, 0.3) is 0 Å². The molecular formula is C14H14FNO2. The first-order chi connectivity index (χ1) is 8.61. The van der Waals surface area contributed by atoms with Gasteiger partial charge in [-0.25, -0.2) is 9.37 Å². The Morgan fingerprint density at radius 1 is 1.28 bits per heavy atom. The highest BCUT2D eigenvalue weighted by Gasteiger charge is 2.14. The molecule has 2 aromatic rings. The minimum atomic E-state index is -0.890. The molecule has 1 atom stereocenters. The van der Waals surface area contributed by atoms with Gasteiger partial charge in [-0.15, -0.1) is 0 Å². The zero-order valence-corrected chi connectivity index (χ0v) is 10.2. The van der Waals surface area contributed by atoms with E-state index < -0.39 is 6.10 Å². The number of aromatic nitrogens is 1. The first kappa shape index (κ1) is 12.5. The van der Waals surface area contributed by atoms with Crippen molar-refractivity contribution in [2.45, 2.75) is 13.0 Å². The summed E-state index contributed by atoms with van der Waals surface area (Å²) in [5.74, 6) is 0.109. The summed E-state index contributed by atoms with van der Waals surface area (Å²) in [5.41, 5.74) is 1.98. The molecule has 1 aromatic heterocycles. The fourth-order valence-corrected chi connectivity index (χ4v) is 1.76. The maximum atomic E-state index is 13.2. The number of hydrogen-bond donors (Lipinski definition) is 1. The van der Waals surface area contributed by atoms with E-state index in [9.17, 15) is 9.50 Å². The second-order valence-corrected chi connectivity index (χ2v) is 4.04. The van der Waals surface area contributed by atoms with Gasteiger partial charge in [-0.1, -0.05) is 6.07 Å². The average molecular weight is 247 g/mol. The molecule has 94 valence electrons. The Bertz CT molecular complexity index is 540. The van der Waals surface area contributed by atoms with Crippen molar-refractivity contribution in [3.8, 4) is 5.88 Å². The molecule has 1 unspecified atom stereocenters. The van der Waals surface area contributed by atoms with Crippen LogP contribution in [-0.4, -0.2) is 17.2 Å². The maximum absolute atomic E-state index is 13.2. The number of ether oxygens (including phenoxy) is 1. The first-order valence-corrected chi connectivity index (χ1v) is 5.56. The van der Waals surface area contributed by atoms with Gasteiger partial charge in [-0.05, 0) is 36.2 Å². The van der Waals surface area contributed by atoms with E-state index in [1.807, 2.05) is 6.92 Å². The van der Waals surface area contributed by atoms with E-state index in [0.717, 1.165) is 5.56 Å². The molecule has 4 heteroatoms. The van der Waals surface area contributed by atoms with E-state index in [2.05, 4.69) is 4.98 Å². The van der Waals surface area contributed by atoms with Gasteiger partial charge in [0, 0.05) is 17.8 Å². The predicted molar refractivity (Wildman–Crippen MR) is 66.0 cm³/mol. The molecular weight excluding hydrogens is 233 g/mol. The van der Waals surface area contributed by atoms with Crippen LogP contribution in [0.2, 0.25) is 0 Å². The number of aryl methyl sites for hydroxylation is 1. The van der Waals surface area contributed by atoms with Crippen LogP contribution in [0.5, 0.6) is 5.88 Å². The van der Waals surface area contributed by atoms with Crippen molar-refractivity contribution >= 4 is 0 Å². The third-order valence-corrected chi connectivity index (χ3v) is 2.82. The Kier molecular flexibility index (Phi) is 3.58. The number of aliphatic hydroxyl groups excluding tert-OH is 1. The van der Waals surface area contributed by atoms with Crippen molar-refractivity contribution < 1.29 is 14.2 Å². The summed E-state index contributed by atoms with van der Waals surface area (Å²) >= 11 is 0. The Hall–Kier alpha value is -1.94. The van der Waals surface area contributed by atoms with Gasteiger partial charge in [0.05, 0.1) is 7.11 Å². The summed E-state index contributed by atoms with van der Waals surface area (Å²) in [6.45, 7) is 1.83. The summed E-state index contributed by atoms with van der Waals surface area (Å²) in [6, 6.07) is 7.72. The van der Waals surface area contributed by atoms with Crippen molar-refractivity contribution in [1.29, 1.82) is 0 Å². The predicted octanol–water partition coefficient (Wildman–Crippen LogP) is 2.62. The van der Waals surface area contributed by atoms with Crippen molar-refractivity contribution in [2.75, 3.05) is 7.11 Å². The Balaban J connectivity index is 2.34. The SMILES string of the molecule is COc1ccc(C(O)c2cc(F)ccc2C)cn1. The molecule has 0 aliphatic rings. The Morgan fingerprint density at radius 2 is 2.06 bits per heavy atom. The van der Waals surface area contributed by atoms with Crippen molar-refractivity contribution in [2.24, 2.45) is 0 Å². The summed E-state index contributed by atoms with van der Waals surface area (Å²) in [5, 5.41) is 10.2. The van der Waals surface area contributed by atoms with Gasteiger partial charge >= 0.3 is 0 Å². The number of pyridine rings is 1. The number of aliphatic hydroxyl groups is 1. The summed E-state index contributed by atoms with van der Waals surface area (Å²) < 4.78 is 18.1. The van der Waals surface area contributed by atoms with E-state index >= 15 is 0 Å². The van der Waals surface area contributed by atoms with Gasteiger partial charge in [0.2, 0.25) is 5.88 Å². The number of benzene rings is 1. The fourth-order valence-electron chi connectivity index (χ4n) is 1.76. The summed E-state index contributed by atoms with van der Waals surface area (Å²) in [6.07, 6.45) is 0.632. The van der Waals surface area contributed by atoms with E-state index in [0.29, 0.717) is 17.0 Å². The Labute approximate surface area is 105 Å². The number of methoxy groups -OCH3 is 1. The molecule has 0 saturated heterocycles. The molecule has 0 amide bonds. The van der Waals surface area contributed by atoms with Crippen LogP contribution in [0.3, 0.4) is 0 Å². The largest absolute Gasteiger partial charge is 0.481 e. The van der Waals surface area contributed by atoms with E-state index in [-0.39, 0.29) is 5.82 Å². The molecule has 3 nitrogen and oxygen atoms in total. The quantitative estimate of drug-likeness (QED) is 0.906. The standard InChI is InChI=1S/C14H14FNO2/c1-9-3-5-11(15)7-12(9)14(17)10-4-6-13(18-2)16-8-10/h3-8,14,17H,1-2H3. The van der Waals surface area contributed by atoms with Crippen LogP contribution in [0.15, 0.2) is 36.5 Å². The molecule has 0 aliphatic heterocycles. The van der Waals surface area contributed by atoms with Crippen LogP contribution in [-0.2, 0) is 0 Å². The van der Waals surface area contributed by atoms with Crippen LogP contribution < -0.4 is 4.74 Å². The van der Waals surface area contributed by atoms with Crippen LogP contribution >= 0.6 is 0 Å². The minimum absolute atomic E-state index is 0.365. The van der Waals surface area contributed by atoms with Gasteiger partial charge < -0.3 is 9.84 Å². The van der Waals surface area contributed by atoms with E-state index in [1.54, 1.807) is 18.2 Å². The van der Waals surface area contributed by atoms with Crippen molar-refractivity contribution in [1.82, 2.24) is 4.98 Å². The second kappa shape index (κ2) is 5.14. The lowest BCUT2D eigenvalue weighted by molar-refractivity contribution is 0.218. The topological polar surface area (TPSA) is 42.4 Å².